The largest absolute Gasteiger partial charge is 0.379 e. The zero-order valence-electron chi connectivity index (χ0n) is 18.0. The molecule has 4 rings (SSSR count). The van der Waals surface area contributed by atoms with Crippen molar-refractivity contribution >= 4 is 39.8 Å². The number of benzene rings is 2. The number of aryl methyl sites for hydroxylation is 1. The number of thioether (sulfide) groups is 1. The highest BCUT2D eigenvalue weighted by molar-refractivity contribution is 8.01. The molecule has 168 valence electrons. The molecule has 1 aliphatic rings. The molecule has 1 amide bonds. The maximum Gasteiger partial charge on any atom is 0.230 e. The number of nitrogens with one attached hydrogen (secondary N) is 2. The summed E-state index contributed by atoms with van der Waals surface area (Å²) >= 11 is 2.85. The molecule has 0 atom stereocenters. The molecule has 0 unspecified atom stereocenters. The summed E-state index contributed by atoms with van der Waals surface area (Å²) in [6.45, 7) is 6.90. The van der Waals surface area contributed by atoms with E-state index in [1.54, 1.807) is 0 Å². The van der Waals surface area contributed by atoms with E-state index in [-0.39, 0.29) is 5.91 Å². The van der Waals surface area contributed by atoms with E-state index >= 15 is 0 Å². The van der Waals surface area contributed by atoms with E-state index in [0.29, 0.717) is 12.3 Å². The second-order valence-corrected chi connectivity index (χ2v) is 9.79. The molecular weight excluding hydrogens is 442 g/mol. The molecular formula is C23H27N5O2S2. The average molecular weight is 470 g/mol. The number of nitrogens with zero attached hydrogens (tertiary/aromatic N) is 3. The molecule has 1 saturated heterocycles. The Bertz CT molecular complexity index is 1040. The van der Waals surface area contributed by atoms with Gasteiger partial charge in [-0.3, -0.25) is 9.69 Å². The van der Waals surface area contributed by atoms with Gasteiger partial charge in [0.25, 0.3) is 0 Å². The fourth-order valence-electron chi connectivity index (χ4n) is 3.42. The number of aromatic nitrogens is 2. The third kappa shape index (κ3) is 6.77. The lowest BCUT2D eigenvalue weighted by atomic mass is 10.1. The van der Waals surface area contributed by atoms with E-state index in [2.05, 4.69) is 50.0 Å². The number of ether oxygens (including phenoxy) is 1. The Kier molecular flexibility index (Phi) is 8.11. The van der Waals surface area contributed by atoms with Gasteiger partial charge in [-0.2, -0.15) is 0 Å². The second-order valence-electron chi connectivity index (χ2n) is 7.59. The van der Waals surface area contributed by atoms with Crippen LogP contribution in [0.5, 0.6) is 0 Å². The Hall–Kier alpha value is -2.46. The first-order valence-corrected chi connectivity index (χ1v) is 12.4. The van der Waals surface area contributed by atoms with Gasteiger partial charge in [0.2, 0.25) is 11.0 Å². The number of hydrogen-bond donors (Lipinski definition) is 2. The molecule has 32 heavy (non-hydrogen) atoms. The summed E-state index contributed by atoms with van der Waals surface area (Å²) in [4.78, 5) is 14.8. The third-order valence-corrected chi connectivity index (χ3v) is 7.07. The number of morpholine rings is 1. The van der Waals surface area contributed by atoms with E-state index < -0.39 is 0 Å². The van der Waals surface area contributed by atoms with Crippen molar-refractivity contribution in [2.45, 2.75) is 24.4 Å². The number of anilines is 2. The SMILES string of the molecule is Cc1cccc(Nc2nnc(SCC(=O)NCc3ccccc3CN3CCOCC3)s2)c1. The van der Waals surface area contributed by atoms with E-state index in [0.717, 1.165) is 53.6 Å². The average Bonchev–Trinajstić information content (AvgIpc) is 3.25. The van der Waals surface area contributed by atoms with Crippen molar-refractivity contribution in [3.05, 3.63) is 65.2 Å². The van der Waals surface area contributed by atoms with Crippen LogP contribution >= 0.6 is 23.1 Å². The molecule has 1 aromatic heterocycles. The van der Waals surface area contributed by atoms with Crippen LogP contribution in [0, 0.1) is 6.92 Å². The molecule has 9 heteroatoms. The van der Waals surface area contributed by atoms with Crippen molar-refractivity contribution in [3.63, 3.8) is 0 Å². The Balaban J connectivity index is 1.24. The van der Waals surface area contributed by atoms with Crippen LogP contribution in [0.25, 0.3) is 0 Å². The summed E-state index contributed by atoms with van der Waals surface area (Å²) in [5.41, 5.74) is 4.56. The Morgan fingerprint density at radius 3 is 2.75 bits per heavy atom. The highest BCUT2D eigenvalue weighted by atomic mass is 32.2. The first-order chi connectivity index (χ1) is 15.7. The van der Waals surface area contributed by atoms with Gasteiger partial charge in [0.1, 0.15) is 0 Å². The first kappa shape index (κ1) is 22.7. The molecule has 0 bridgehead atoms. The number of carbonyl (C=O) groups is 1. The molecule has 0 spiro atoms. The van der Waals surface area contributed by atoms with Crippen molar-refractivity contribution in [1.82, 2.24) is 20.4 Å². The minimum atomic E-state index is -0.0143. The second kappa shape index (κ2) is 11.4. The summed E-state index contributed by atoms with van der Waals surface area (Å²) in [7, 11) is 0. The Labute approximate surface area is 196 Å². The lowest BCUT2D eigenvalue weighted by molar-refractivity contribution is -0.118. The van der Waals surface area contributed by atoms with E-state index in [4.69, 9.17) is 4.74 Å². The number of rotatable bonds is 9. The zero-order chi connectivity index (χ0) is 22.2. The van der Waals surface area contributed by atoms with Gasteiger partial charge >= 0.3 is 0 Å². The highest BCUT2D eigenvalue weighted by Gasteiger charge is 2.13. The van der Waals surface area contributed by atoms with E-state index in [1.165, 1.54) is 34.2 Å². The van der Waals surface area contributed by atoms with E-state index in [1.807, 2.05) is 31.2 Å². The molecule has 7 nitrogen and oxygen atoms in total. The van der Waals surface area contributed by atoms with Crippen LogP contribution in [0.15, 0.2) is 52.9 Å². The summed E-state index contributed by atoms with van der Waals surface area (Å²) in [5.74, 6) is 0.296. The molecule has 1 aliphatic heterocycles. The lowest BCUT2D eigenvalue weighted by Crippen LogP contribution is -2.36. The van der Waals surface area contributed by atoms with Crippen molar-refractivity contribution in [2.75, 3.05) is 37.4 Å². The normalized spacial score (nSPS) is 14.3. The van der Waals surface area contributed by atoms with Gasteiger partial charge in [-0.1, -0.05) is 59.5 Å². The standard InChI is InChI=1S/C23H27N5O2S2/c1-17-5-4-8-20(13-17)25-22-26-27-23(32-22)31-16-21(29)24-14-18-6-2-3-7-19(18)15-28-9-11-30-12-10-28/h2-8,13H,9-12,14-16H2,1H3,(H,24,29)(H,25,26). The van der Waals surface area contributed by atoms with Crippen LogP contribution in [0.4, 0.5) is 10.8 Å². The van der Waals surface area contributed by atoms with Crippen LogP contribution in [0.1, 0.15) is 16.7 Å². The van der Waals surface area contributed by atoms with Crippen LogP contribution in [0.3, 0.4) is 0 Å². The minimum Gasteiger partial charge on any atom is -0.379 e. The monoisotopic (exact) mass is 469 g/mol. The van der Waals surface area contributed by atoms with Crippen LogP contribution in [-0.4, -0.2) is 53.1 Å². The molecule has 3 aromatic rings. The van der Waals surface area contributed by atoms with Crippen molar-refractivity contribution in [3.8, 4) is 0 Å². The molecule has 2 aromatic carbocycles. The Morgan fingerprint density at radius 2 is 1.94 bits per heavy atom. The quantitative estimate of drug-likeness (QED) is 0.461. The molecule has 0 saturated carbocycles. The predicted molar refractivity (Wildman–Crippen MR) is 129 cm³/mol. The summed E-state index contributed by atoms with van der Waals surface area (Å²) in [6.07, 6.45) is 0. The fraction of sp³-hybridized carbons (Fsp3) is 0.348. The van der Waals surface area contributed by atoms with Crippen LogP contribution in [-0.2, 0) is 22.6 Å². The lowest BCUT2D eigenvalue weighted by Gasteiger charge is -2.27. The summed E-state index contributed by atoms with van der Waals surface area (Å²) < 4.78 is 6.20. The van der Waals surface area contributed by atoms with Gasteiger partial charge in [-0.15, -0.1) is 10.2 Å². The number of hydrogen-bond acceptors (Lipinski definition) is 8. The summed E-state index contributed by atoms with van der Waals surface area (Å²) in [5, 5.41) is 15.4. The molecule has 0 aliphatic carbocycles. The van der Waals surface area contributed by atoms with E-state index in [9.17, 15) is 4.79 Å². The predicted octanol–water partition coefficient (Wildman–Crippen LogP) is 3.83. The van der Waals surface area contributed by atoms with Gasteiger partial charge < -0.3 is 15.4 Å². The van der Waals surface area contributed by atoms with Crippen molar-refractivity contribution in [2.24, 2.45) is 0 Å². The van der Waals surface area contributed by atoms with Crippen LogP contribution in [0.2, 0.25) is 0 Å². The highest BCUT2D eigenvalue weighted by Crippen LogP contribution is 2.27. The maximum absolute atomic E-state index is 12.4. The maximum atomic E-state index is 12.4. The third-order valence-electron chi connectivity index (χ3n) is 5.09. The van der Waals surface area contributed by atoms with Gasteiger partial charge in [0.15, 0.2) is 4.34 Å². The number of amides is 1. The molecule has 0 radical (unpaired) electrons. The van der Waals surface area contributed by atoms with Gasteiger partial charge in [-0.05, 0) is 35.7 Å². The molecule has 2 heterocycles. The topological polar surface area (TPSA) is 79.4 Å². The van der Waals surface area contributed by atoms with Gasteiger partial charge in [0, 0.05) is 31.9 Å². The van der Waals surface area contributed by atoms with Gasteiger partial charge in [-0.25, -0.2) is 0 Å². The van der Waals surface area contributed by atoms with Gasteiger partial charge in [0.05, 0.1) is 19.0 Å². The molecule has 1 fully saturated rings. The minimum absolute atomic E-state index is 0.0143. The zero-order valence-corrected chi connectivity index (χ0v) is 19.7. The fourth-order valence-corrected chi connectivity index (χ4v) is 5.02. The summed E-state index contributed by atoms with van der Waals surface area (Å²) in [6, 6.07) is 16.4. The Morgan fingerprint density at radius 1 is 1.12 bits per heavy atom. The number of carbonyl (C=O) groups excluding carboxylic acids is 1. The van der Waals surface area contributed by atoms with Crippen molar-refractivity contribution < 1.29 is 9.53 Å². The first-order valence-electron chi connectivity index (χ1n) is 10.6. The van der Waals surface area contributed by atoms with Crippen LogP contribution < -0.4 is 10.6 Å². The smallest absolute Gasteiger partial charge is 0.230 e. The van der Waals surface area contributed by atoms with Crippen molar-refractivity contribution in [1.29, 1.82) is 0 Å². The molecule has 2 N–H and O–H groups in total.